The van der Waals surface area contributed by atoms with Gasteiger partial charge in [-0.3, -0.25) is 0 Å². The zero-order valence-corrected chi connectivity index (χ0v) is 11.2. The highest BCUT2D eigenvalue weighted by Crippen LogP contribution is 2.18. The van der Waals surface area contributed by atoms with Crippen LogP contribution in [0, 0.1) is 11.3 Å². The Hall–Kier alpha value is -1.74. The summed E-state index contributed by atoms with van der Waals surface area (Å²) in [6, 6.07) is 8.77. The smallest absolute Gasteiger partial charge is 0.174 e. The van der Waals surface area contributed by atoms with E-state index in [1.165, 1.54) is 6.26 Å². The first-order chi connectivity index (χ1) is 8.40. The second kappa shape index (κ2) is 6.26. The number of nitrogens with one attached hydrogen (secondary N) is 1. The number of hydrogen-bond acceptors (Lipinski definition) is 5. The number of nitrogens with zero attached hydrogens (tertiary/aromatic N) is 1. The molecule has 18 heavy (non-hydrogen) atoms. The third kappa shape index (κ3) is 5.55. The first-order valence-corrected chi connectivity index (χ1v) is 7.51. The van der Waals surface area contributed by atoms with E-state index in [4.69, 9.17) is 10.00 Å². The number of ether oxygens (including phenoxy) is 1. The summed E-state index contributed by atoms with van der Waals surface area (Å²) in [5.41, 5.74) is 0.765. The molecule has 1 atom stereocenters. The van der Waals surface area contributed by atoms with Crippen molar-refractivity contribution in [2.45, 2.75) is 13.0 Å². The Kier molecular flexibility index (Phi) is 4.98. The van der Waals surface area contributed by atoms with Crippen LogP contribution in [0.15, 0.2) is 24.3 Å². The van der Waals surface area contributed by atoms with Crippen LogP contribution in [0.1, 0.15) is 6.92 Å². The van der Waals surface area contributed by atoms with Crippen LogP contribution in [0.4, 0.5) is 5.69 Å². The van der Waals surface area contributed by atoms with Crippen molar-refractivity contribution in [3.05, 3.63) is 24.3 Å². The van der Waals surface area contributed by atoms with Gasteiger partial charge in [0.05, 0.1) is 5.75 Å². The molecule has 0 bridgehead atoms. The lowest BCUT2D eigenvalue weighted by molar-refractivity contribution is 0.368. The summed E-state index contributed by atoms with van der Waals surface area (Å²) in [4.78, 5) is 0. The minimum atomic E-state index is -3.00. The molecule has 1 aromatic carbocycles. The topological polar surface area (TPSA) is 79.2 Å². The minimum absolute atomic E-state index is 0.0116. The van der Waals surface area contributed by atoms with Gasteiger partial charge < -0.3 is 10.1 Å². The van der Waals surface area contributed by atoms with E-state index in [9.17, 15) is 8.42 Å². The monoisotopic (exact) mass is 268 g/mol. The van der Waals surface area contributed by atoms with Gasteiger partial charge >= 0.3 is 0 Å². The number of hydrogen-bond donors (Lipinski definition) is 1. The third-order valence-corrected chi connectivity index (χ3v) is 3.21. The standard InChI is InChI=1S/C12H16N2O3S/c1-10(9-18(2,15)16)14-11-4-3-5-12(8-11)17-7-6-13/h3-5,8,10,14H,7,9H2,1-2H3. The Morgan fingerprint density at radius 1 is 1.50 bits per heavy atom. The molecule has 0 heterocycles. The first-order valence-electron chi connectivity index (χ1n) is 5.45. The second-order valence-corrected chi connectivity index (χ2v) is 6.30. The van der Waals surface area contributed by atoms with Crippen molar-refractivity contribution in [1.29, 1.82) is 5.26 Å². The molecule has 0 spiro atoms. The molecule has 1 aromatic rings. The van der Waals surface area contributed by atoms with Crippen molar-refractivity contribution in [3.8, 4) is 11.8 Å². The molecule has 98 valence electrons. The normalized spacial score (nSPS) is 12.5. The molecule has 0 aliphatic carbocycles. The van der Waals surface area contributed by atoms with E-state index in [2.05, 4.69) is 5.32 Å². The Balaban J connectivity index is 2.64. The Labute approximate surface area is 107 Å². The fraction of sp³-hybridized carbons (Fsp3) is 0.417. The summed E-state index contributed by atoms with van der Waals surface area (Å²) in [5.74, 6) is 0.643. The summed E-state index contributed by atoms with van der Waals surface area (Å²) < 4.78 is 27.4. The van der Waals surface area contributed by atoms with Crippen molar-refractivity contribution >= 4 is 15.5 Å². The van der Waals surface area contributed by atoms with Crippen molar-refractivity contribution in [2.24, 2.45) is 0 Å². The van der Waals surface area contributed by atoms with Crippen LogP contribution in [0.5, 0.6) is 5.75 Å². The quantitative estimate of drug-likeness (QED) is 0.844. The van der Waals surface area contributed by atoms with Crippen LogP contribution in [-0.2, 0) is 9.84 Å². The number of sulfone groups is 1. The van der Waals surface area contributed by atoms with Crippen molar-refractivity contribution in [3.63, 3.8) is 0 Å². The third-order valence-electron chi connectivity index (χ3n) is 2.10. The van der Waals surface area contributed by atoms with Gasteiger partial charge in [-0.25, -0.2) is 8.42 Å². The SMILES string of the molecule is CC(CS(C)(=O)=O)Nc1cccc(OCC#N)c1. The van der Waals surface area contributed by atoms with E-state index < -0.39 is 9.84 Å². The maximum absolute atomic E-state index is 11.1. The predicted octanol–water partition coefficient (Wildman–Crippen LogP) is 1.43. The average Bonchev–Trinajstić information content (AvgIpc) is 2.24. The van der Waals surface area contributed by atoms with E-state index in [1.807, 2.05) is 12.1 Å². The highest BCUT2D eigenvalue weighted by atomic mass is 32.2. The van der Waals surface area contributed by atoms with Gasteiger partial charge in [-0.15, -0.1) is 0 Å². The molecule has 0 fully saturated rings. The number of anilines is 1. The van der Waals surface area contributed by atoms with E-state index in [0.29, 0.717) is 5.75 Å². The van der Waals surface area contributed by atoms with E-state index >= 15 is 0 Å². The number of benzene rings is 1. The molecule has 1 N–H and O–H groups in total. The lowest BCUT2D eigenvalue weighted by atomic mass is 10.2. The van der Waals surface area contributed by atoms with Gasteiger partial charge in [0.15, 0.2) is 6.61 Å². The van der Waals surface area contributed by atoms with Crippen LogP contribution >= 0.6 is 0 Å². The van der Waals surface area contributed by atoms with Gasteiger partial charge in [0.25, 0.3) is 0 Å². The van der Waals surface area contributed by atoms with Gasteiger partial charge in [-0.05, 0) is 19.1 Å². The van der Waals surface area contributed by atoms with Gasteiger partial charge in [-0.2, -0.15) is 5.26 Å². The van der Waals surface area contributed by atoms with Crippen molar-refractivity contribution in [1.82, 2.24) is 0 Å². The zero-order valence-electron chi connectivity index (χ0n) is 10.4. The van der Waals surface area contributed by atoms with Crippen LogP contribution < -0.4 is 10.1 Å². The Bertz CT molecular complexity index is 534. The molecule has 1 unspecified atom stereocenters. The average molecular weight is 268 g/mol. The van der Waals surface area contributed by atoms with Gasteiger partial charge in [-0.1, -0.05) is 6.07 Å². The number of nitriles is 1. The summed E-state index contributed by atoms with van der Waals surface area (Å²) in [6.07, 6.45) is 1.21. The lowest BCUT2D eigenvalue weighted by Gasteiger charge is -2.14. The summed E-state index contributed by atoms with van der Waals surface area (Å²) in [5, 5.41) is 11.5. The fourth-order valence-electron chi connectivity index (χ4n) is 1.57. The molecule has 0 aliphatic heterocycles. The summed E-state index contributed by atoms with van der Waals surface area (Å²) in [7, 11) is -3.00. The largest absolute Gasteiger partial charge is 0.479 e. The van der Waals surface area contributed by atoms with Crippen molar-refractivity contribution in [2.75, 3.05) is 23.9 Å². The van der Waals surface area contributed by atoms with Gasteiger partial charge in [0.1, 0.15) is 21.7 Å². The molecular formula is C12H16N2O3S. The molecule has 5 nitrogen and oxygen atoms in total. The van der Waals surface area contributed by atoms with Gasteiger partial charge in [0.2, 0.25) is 0 Å². The van der Waals surface area contributed by atoms with Crippen LogP contribution in [-0.4, -0.2) is 33.1 Å². The molecule has 0 aliphatic rings. The highest BCUT2D eigenvalue weighted by molar-refractivity contribution is 7.90. The van der Waals surface area contributed by atoms with Crippen LogP contribution in [0.25, 0.3) is 0 Å². The first kappa shape index (κ1) is 14.3. The van der Waals surface area contributed by atoms with Gasteiger partial charge in [0, 0.05) is 24.1 Å². The molecule has 0 saturated carbocycles. The number of rotatable bonds is 6. The maximum atomic E-state index is 11.1. The Morgan fingerprint density at radius 2 is 2.22 bits per heavy atom. The summed E-state index contributed by atoms with van der Waals surface area (Å²) in [6.45, 7) is 1.78. The van der Waals surface area contributed by atoms with E-state index in [-0.39, 0.29) is 18.4 Å². The zero-order chi connectivity index (χ0) is 13.6. The molecule has 1 rings (SSSR count). The highest BCUT2D eigenvalue weighted by Gasteiger charge is 2.10. The van der Waals surface area contributed by atoms with Crippen LogP contribution in [0.3, 0.4) is 0 Å². The summed E-state index contributed by atoms with van der Waals surface area (Å²) >= 11 is 0. The second-order valence-electron chi connectivity index (χ2n) is 4.11. The molecule has 0 amide bonds. The minimum Gasteiger partial charge on any atom is -0.479 e. The predicted molar refractivity (Wildman–Crippen MR) is 70.3 cm³/mol. The molecule has 0 saturated heterocycles. The van der Waals surface area contributed by atoms with E-state index in [0.717, 1.165) is 5.69 Å². The fourth-order valence-corrected chi connectivity index (χ4v) is 2.56. The van der Waals surface area contributed by atoms with Crippen LogP contribution in [0.2, 0.25) is 0 Å². The molecule has 0 aromatic heterocycles. The van der Waals surface area contributed by atoms with E-state index in [1.54, 1.807) is 25.1 Å². The maximum Gasteiger partial charge on any atom is 0.174 e. The molecular weight excluding hydrogens is 252 g/mol. The van der Waals surface area contributed by atoms with Crippen molar-refractivity contribution < 1.29 is 13.2 Å². The molecule has 6 heteroatoms. The molecule has 0 radical (unpaired) electrons. The lowest BCUT2D eigenvalue weighted by Crippen LogP contribution is -2.24. The Morgan fingerprint density at radius 3 is 2.83 bits per heavy atom.